The molecular formula is C20H25N3O2. The Kier molecular flexibility index (Phi) is 5.53. The van der Waals surface area contributed by atoms with Crippen molar-refractivity contribution in [3.05, 3.63) is 59.8 Å². The van der Waals surface area contributed by atoms with E-state index in [1.165, 1.54) is 0 Å². The van der Waals surface area contributed by atoms with Gasteiger partial charge in [0.05, 0.1) is 6.04 Å². The Morgan fingerprint density at radius 3 is 2.76 bits per heavy atom. The summed E-state index contributed by atoms with van der Waals surface area (Å²) in [4.78, 5) is 21.0. The predicted molar refractivity (Wildman–Crippen MR) is 98.5 cm³/mol. The molecule has 0 spiro atoms. The summed E-state index contributed by atoms with van der Waals surface area (Å²) in [7, 11) is 3.96. The average Bonchev–Trinajstić information content (AvgIpc) is 2.67. The molecule has 1 aromatic heterocycles. The number of carbonyl (C=O) groups excluding carboxylic acids is 1. The smallest absolute Gasteiger partial charge is 0.410 e. The average molecular weight is 339 g/mol. The SMILES string of the molecule is CN(C)c1ncccc1[C@@H]1CCCCN1C(=O)OCc1ccccc1. The zero-order valence-corrected chi connectivity index (χ0v) is 14.9. The maximum Gasteiger partial charge on any atom is 0.410 e. The summed E-state index contributed by atoms with van der Waals surface area (Å²) in [5.41, 5.74) is 2.09. The van der Waals surface area contributed by atoms with Gasteiger partial charge in [-0.05, 0) is 30.9 Å². The van der Waals surface area contributed by atoms with Crippen molar-refractivity contribution in [1.82, 2.24) is 9.88 Å². The van der Waals surface area contributed by atoms with E-state index in [1.54, 1.807) is 6.20 Å². The van der Waals surface area contributed by atoms with E-state index in [9.17, 15) is 4.79 Å². The lowest BCUT2D eigenvalue weighted by Crippen LogP contribution is -2.39. The first-order valence-corrected chi connectivity index (χ1v) is 8.76. The van der Waals surface area contributed by atoms with Crippen LogP contribution in [0.5, 0.6) is 0 Å². The van der Waals surface area contributed by atoms with Crippen LogP contribution in [0.3, 0.4) is 0 Å². The molecule has 1 saturated heterocycles. The molecule has 2 heterocycles. The van der Waals surface area contributed by atoms with Crippen molar-refractivity contribution in [1.29, 1.82) is 0 Å². The monoisotopic (exact) mass is 339 g/mol. The number of hydrogen-bond acceptors (Lipinski definition) is 4. The zero-order valence-electron chi connectivity index (χ0n) is 14.9. The van der Waals surface area contributed by atoms with Crippen molar-refractivity contribution in [3.8, 4) is 0 Å². The van der Waals surface area contributed by atoms with Gasteiger partial charge in [0.2, 0.25) is 0 Å². The predicted octanol–water partition coefficient (Wildman–Crippen LogP) is 4.01. The van der Waals surface area contributed by atoms with Gasteiger partial charge >= 0.3 is 6.09 Å². The highest BCUT2D eigenvalue weighted by Gasteiger charge is 2.31. The van der Waals surface area contributed by atoms with E-state index in [1.807, 2.05) is 60.3 Å². The molecule has 1 aliphatic rings. The molecule has 1 aliphatic heterocycles. The van der Waals surface area contributed by atoms with Gasteiger partial charge < -0.3 is 14.5 Å². The van der Waals surface area contributed by atoms with Gasteiger partial charge in [-0.1, -0.05) is 36.4 Å². The third-order valence-corrected chi connectivity index (χ3v) is 4.54. The quantitative estimate of drug-likeness (QED) is 0.844. The van der Waals surface area contributed by atoms with Gasteiger partial charge in [-0.2, -0.15) is 0 Å². The van der Waals surface area contributed by atoms with Crippen LogP contribution in [0.2, 0.25) is 0 Å². The number of likely N-dealkylation sites (tertiary alicyclic amines) is 1. The molecule has 25 heavy (non-hydrogen) atoms. The van der Waals surface area contributed by atoms with Crippen LogP contribution in [0.4, 0.5) is 10.6 Å². The van der Waals surface area contributed by atoms with Crippen LogP contribution in [-0.4, -0.2) is 36.6 Å². The minimum atomic E-state index is -0.248. The Balaban J connectivity index is 1.76. The van der Waals surface area contributed by atoms with Crippen molar-refractivity contribution in [2.45, 2.75) is 31.9 Å². The Hall–Kier alpha value is -2.56. The van der Waals surface area contributed by atoms with E-state index in [-0.39, 0.29) is 12.1 Å². The Labute approximate surface area is 149 Å². The molecule has 0 saturated carbocycles. The van der Waals surface area contributed by atoms with Crippen molar-refractivity contribution in [2.24, 2.45) is 0 Å². The second-order valence-corrected chi connectivity index (χ2v) is 6.56. The summed E-state index contributed by atoms with van der Waals surface area (Å²) >= 11 is 0. The number of carbonyl (C=O) groups is 1. The molecule has 0 unspecified atom stereocenters. The minimum absolute atomic E-state index is 0.0168. The fourth-order valence-corrected chi connectivity index (χ4v) is 3.32. The minimum Gasteiger partial charge on any atom is -0.445 e. The second kappa shape index (κ2) is 8.01. The van der Waals surface area contributed by atoms with Gasteiger partial charge in [0.1, 0.15) is 12.4 Å². The van der Waals surface area contributed by atoms with E-state index in [0.29, 0.717) is 6.61 Å². The van der Waals surface area contributed by atoms with Gasteiger partial charge in [0.15, 0.2) is 0 Å². The first-order chi connectivity index (χ1) is 12.2. The molecule has 0 N–H and O–H groups in total. The maximum atomic E-state index is 12.7. The lowest BCUT2D eigenvalue weighted by atomic mass is 9.96. The van der Waals surface area contributed by atoms with E-state index >= 15 is 0 Å². The zero-order chi connectivity index (χ0) is 17.6. The summed E-state index contributed by atoms with van der Waals surface area (Å²) < 4.78 is 5.57. The normalized spacial score (nSPS) is 17.2. The summed E-state index contributed by atoms with van der Waals surface area (Å²) in [6, 6.07) is 13.8. The van der Waals surface area contributed by atoms with Crippen LogP contribution in [-0.2, 0) is 11.3 Å². The van der Waals surface area contributed by atoms with E-state index in [4.69, 9.17) is 4.74 Å². The molecule has 2 aromatic rings. The number of amides is 1. The molecule has 1 amide bonds. The number of ether oxygens (including phenoxy) is 1. The van der Waals surface area contributed by atoms with Crippen molar-refractivity contribution in [3.63, 3.8) is 0 Å². The molecule has 0 radical (unpaired) electrons. The Morgan fingerprint density at radius 2 is 2.00 bits per heavy atom. The van der Waals surface area contributed by atoms with E-state index in [2.05, 4.69) is 11.1 Å². The second-order valence-electron chi connectivity index (χ2n) is 6.56. The molecule has 1 atom stereocenters. The fraction of sp³-hybridized carbons (Fsp3) is 0.400. The molecule has 0 aliphatic carbocycles. The molecule has 3 rings (SSSR count). The number of rotatable bonds is 4. The summed E-state index contributed by atoms with van der Waals surface area (Å²) in [5.74, 6) is 0.912. The number of benzene rings is 1. The fourth-order valence-electron chi connectivity index (χ4n) is 3.32. The van der Waals surface area contributed by atoms with Crippen molar-refractivity contribution in [2.75, 3.05) is 25.5 Å². The topological polar surface area (TPSA) is 45.7 Å². The number of aromatic nitrogens is 1. The third-order valence-electron chi connectivity index (χ3n) is 4.54. The van der Waals surface area contributed by atoms with Gasteiger partial charge in [-0.3, -0.25) is 0 Å². The number of piperidine rings is 1. The van der Waals surface area contributed by atoms with Gasteiger partial charge in [0, 0.05) is 32.4 Å². The van der Waals surface area contributed by atoms with Crippen LogP contribution in [0.25, 0.3) is 0 Å². The lowest BCUT2D eigenvalue weighted by molar-refractivity contribution is 0.0679. The third kappa shape index (κ3) is 4.10. The highest BCUT2D eigenvalue weighted by molar-refractivity contribution is 5.69. The molecular weight excluding hydrogens is 314 g/mol. The van der Waals surface area contributed by atoms with Crippen molar-refractivity contribution >= 4 is 11.9 Å². The molecule has 132 valence electrons. The highest BCUT2D eigenvalue weighted by Crippen LogP contribution is 2.35. The molecule has 5 heteroatoms. The molecule has 0 bridgehead atoms. The first-order valence-electron chi connectivity index (χ1n) is 8.76. The standard InChI is InChI=1S/C20H25N3O2/c1-22(2)19-17(11-8-13-21-19)18-12-6-7-14-23(18)20(24)25-15-16-9-4-3-5-10-16/h3-5,8-11,13,18H,6-7,12,14-15H2,1-2H3/t18-/m0/s1. The Morgan fingerprint density at radius 1 is 1.20 bits per heavy atom. The highest BCUT2D eigenvalue weighted by atomic mass is 16.6. The van der Waals surface area contributed by atoms with Crippen LogP contribution >= 0.6 is 0 Å². The number of pyridine rings is 1. The van der Waals surface area contributed by atoms with Crippen LogP contribution < -0.4 is 4.90 Å². The van der Waals surface area contributed by atoms with Gasteiger partial charge in [0.25, 0.3) is 0 Å². The summed E-state index contributed by atoms with van der Waals surface area (Å²) in [6.07, 6.45) is 4.60. The van der Waals surface area contributed by atoms with Gasteiger partial charge in [-0.25, -0.2) is 9.78 Å². The number of hydrogen-bond donors (Lipinski definition) is 0. The molecule has 5 nitrogen and oxygen atoms in total. The van der Waals surface area contributed by atoms with E-state index < -0.39 is 0 Å². The van der Waals surface area contributed by atoms with Crippen LogP contribution in [0.15, 0.2) is 48.7 Å². The first kappa shape index (κ1) is 17.3. The lowest BCUT2D eigenvalue weighted by Gasteiger charge is -2.36. The maximum absolute atomic E-state index is 12.7. The number of anilines is 1. The Bertz CT molecular complexity index is 703. The largest absolute Gasteiger partial charge is 0.445 e. The van der Waals surface area contributed by atoms with E-state index in [0.717, 1.165) is 42.8 Å². The summed E-state index contributed by atoms with van der Waals surface area (Å²) in [5, 5.41) is 0. The molecule has 1 fully saturated rings. The molecule has 1 aromatic carbocycles. The van der Waals surface area contributed by atoms with Crippen LogP contribution in [0, 0.1) is 0 Å². The number of nitrogens with zero attached hydrogens (tertiary/aromatic N) is 3. The van der Waals surface area contributed by atoms with Gasteiger partial charge in [-0.15, -0.1) is 0 Å². The van der Waals surface area contributed by atoms with Crippen molar-refractivity contribution < 1.29 is 9.53 Å². The van der Waals surface area contributed by atoms with Crippen LogP contribution in [0.1, 0.15) is 36.4 Å². The summed E-state index contributed by atoms with van der Waals surface area (Å²) in [6.45, 7) is 1.02.